The highest BCUT2D eigenvalue weighted by atomic mass is 16.5. The van der Waals surface area contributed by atoms with Gasteiger partial charge in [-0.05, 0) is 19.9 Å². The van der Waals surface area contributed by atoms with Gasteiger partial charge in [0.2, 0.25) is 0 Å². The van der Waals surface area contributed by atoms with Crippen LogP contribution in [0, 0.1) is 6.92 Å². The van der Waals surface area contributed by atoms with E-state index in [0.29, 0.717) is 32.0 Å². The van der Waals surface area contributed by atoms with Gasteiger partial charge in [-0.15, -0.1) is 0 Å². The number of carbonyl (C=O) groups is 1. The van der Waals surface area contributed by atoms with E-state index in [1.165, 1.54) is 0 Å². The van der Waals surface area contributed by atoms with E-state index in [9.17, 15) is 9.90 Å². The molecule has 6 heteroatoms. The number of hydrogen-bond donors (Lipinski definition) is 1. The van der Waals surface area contributed by atoms with E-state index in [2.05, 4.69) is 5.10 Å². The van der Waals surface area contributed by atoms with Crippen LogP contribution in [0.3, 0.4) is 0 Å². The first-order valence-electron chi connectivity index (χ1n) is 6.21. The molecule has 1 unspecified atom stereocenters. The molecule has 0 aromatic carbocycles. The Morgan fingerprint density at radius 1 is 1.67 bits per heavy atom. The second-order valence-electron chi connectivity index (χ2n) is 4.40. The molecule has 1 fully saturated rings. The summed E-state index contributed by atoms with van der Waals surface area (Å²) in [6.07, 6.45) is 0. The monoisotopic (exact) mass is 253 g/mol. The number of hydrogen-bond acceptors (Lipinski definition) is 4. The number of aromatic nitrogens is 2. The zero-order valence-corrected chi connectivity index (χ0v) is 10.8. The maximum Gasteiger partial charge on any atom is 0.272 e. The predicted octanol–water partition coefficient (Wildman–Crippen LogP) is 0.0447. The summed E-state index contributed by atoms with van der Waals surface area (Å²) in [5, 5.41) is 13.6. The van der Waals surface area contributed by atoms with Gasteiger partial charge in [-0.2, -0.15) is 5.10 Å². The van der Waals surface area contributed by atoms with Crippen LogP contribution in [0.2, 0.25) is 0 Å². The van der Waals surface area contributed by atoms with Gasteiger partial charge in [-0.1, -0.05) is 0 Å². The van der Waals surface area contributed by atoms with E-state index in [1.807, 2.05) is 13.8 Å². The Hall–Kier alpha value is -1.40. The number of ether oxygens (including phenoxy) is 1. The van der Waals surface area contributed by atoms with Crippen molar-refractivity contribution in [2.24, 2.45) is 0 Å². The van der Waals surface area contributed by atoms with Crippen molar-refractivity contribution in [1.82, 2.24) is 14.7 Å². The predicted molar refractivity (Wildman–Crippen MR) is 65.4 cm³/mol. The molecule has 0 saturated carbocycles. The molecule has 1 aliphatic heterocycles. The van der Waals surface area contributed by atoms with Crippen LogP contribution >= 0.6 is 0 Å². The molecule has 1 aromatic rings. The summed E-state index contributed by atoms with van der Waals surface area (Å²) in [5.74, 6) is -0.0835. The maximum absolute atomic E-state index is 12.5. The lowest BCUT2D eigenvalue weighted by Gasteiger charge is -2.34. The summed E-state index contributed by atoms with van der Waals surface area (Å²) in [4.78, 5) is 14.1. The summed E-state index contributed by atoms with van der Waals surface area (Å²) >= 11 is 0. The lowest BCUT2D eigenvalue weighted by atomic mass is 10.2. The van der Waals surface area contributed by atoms with Crippen molar-refractivity contribution in [2.75, 3.05) is 26.4 Å². The van der Waals surface area contributed by atoms with E-state index in [4.69, 9.17) is 4.74 Å². The molecule has 1 aromatic heterocycles. The van der Waals surface area contributed by atoms with Crippen LogP contribution in [0.25, 0.3) is 0 Å². The van der Waals surface area contributed by atoms with Crippen LogP contribution in [0.15, 0.2) is 6.07 Å². The van der Waals surface area contributed by atoms with Gasteiger partial charge in [0.1, 0.15) is 5.69 Å². The van der Waals surface area contributed by atoms with Crippen molar-refractivity contribution in [3.8, 4) is 0 Å². The normalized spacial score (nSPS) is 20.2. The number of morpholine rings is 1. The minimum Gasteiger partial charge on any atom is -0.394 e. The van der Waals surface area contributed by atoms with Crippen molar-refractivity contribution in [2.45, 2.75) is 26.4 Å². The number of carbonyl (C=O) groups excluding carboxylic acids is 1. The summed E-state index contributed by atoms with van der Waals surface area (Å²) < 4.78 is 6.97. The SMILES string of the molecule is CCn1nc(C)cc1C(=O)N1CCOCC1CO. The van der Waals surface area contributed by atoms with E-state index < -0.39 is 0 Å². The van der Waals surface area contributed by atoms with E-state index >= 15 is 0 Å². The average Bonchev–Trinajstić information content (AvgIpc) is 2.79. The lowest BCUT2D eigenvalue weighted by molar-refractivity contribution is -0.0189. The number of nitrogens with zero attached hydrogens (tertiary/aromatic N) is 3. The number of aliphatic hydroxyl groups excluding tert-OH is 1. The van der Waals surface area contributed by atoms with Crippen LogP contribution in [-0.4, -0.2) is 58.1 Å². The van der Waals surface area contributed by atoms with E-state index in [0.717, 1.165) is 5.69 Å². The fraction of sp³-hybridized carbons (Fsp3) is 0.667. The molecule has 100 valence electrons. The highest BCUT2D eigenvalue weighted by Gasteiger charge is 2.29. The van der Waals surface area contributed by atoms with Crippen molar-refractivity contribution >= 4 is 5.91 Å². The second kappa shape index (κ2) is 5.49. The van der Waals surface area contributed by atoms with Crippen molar-refractivity contribution < 1.29 is 14.6 Å². The number of aryl methyl sites for hydroxylation is 2. The Bertz CT molecular complexity index is 430. The lowest BCUT2D eigenvalue weighted by Crippen LogP contribution is -2.50. The topological polar surface area (TPSA) is 67.6 Å². The van der Waals surface area contributed by atoms with Crippen molar-refractivity contribution in [1.29, 1.82) is 0 Å². The zero-order valence-electron chi connectivity index (χ0n) is 10.8. The van der Waals surface area contributed by atoms with E-state index in [-0.39, 0.29) is 18.6 Å². The van der Waals surface area contributed by atoms with Gasteiger partial charge in [0.05, 0.1) is 31.6 Å². The third-order valence-electron chi connectivity index (χ3n) is 3.12. The first kappa shape index (κ1) is 13.0. The molecule has 0 radical (unpaired) electrons. The van der Waals surface area contributed by atoms with Crippen LogP contribution < -0.4 is 0 Å². The molecule has 0 spiro atoms. The van der Waals surface area contributed by atoms with Gasteiger partial charge in [-0.3, -0.25) is 9.48 Å². The average molecular weight is 253 g/mol. The molecule has 0 aliphatic carbocycles. The van der Waals surface area contributed by atoms with Gasteiger partial charge in [0, 0.05) is 13.1 Å². The Morgan fingerprint density at radius 2 is 2.44 bits per heavy atom. The molecule has 1 saturated heterocycles. The highest BCUT2D eigenvalue weighted by molar-refractivity contribution is 5.93. The molecule has 1 amide bonds. The highest BCUT2D eigenvalue weighted by Crippen LogP contribution is 2.13. The minimum absolute atomic E-state index is 0.0784. The van der Waals surface area contributed by atoms with Crippen molar-refractivity contribution in [3.63, 3.8) is 0 Å². The zero-order chi connectivity index (χ0) is 13.1. The van der Waals surface area contributed by atoms with E-state index in [1.54, 1.807) is 15.6 Å². The quantitative estimate of drug-likeness (QED) is 0.826. The molecule has 2 heterocycles. The summed E-state index contributed by atoms with van der Waals surface area (Å²) in [6.45, 7) is 5.81. The van der Waals surface area contributed by atoms with Crippen LogP contribution in [0.5, 0.6) is 0 Å². The second-order valence-corrected chi connectivity index (χ2v) is 4.40. The fourth-order valence-corrected chi connectivity index (χ4v) is 2.18. The fourth-order valence-electron chi connectivity index (χ4n) is 2.18. The Labute approximate surface area is 106 Å². The molecule has 1 aliphatic rings. The molecule has 2 rings (SSSR count). The van der Waals surface area contributed by atoms with Crippen LogP contribution in [0.1, 0.15) is 23.1 Å². The number of rotatable bonds is 3. The smallest absolute Gasteiger partial charge is 0.272 e. The molecule has 6 nitrogen and oxygen atoms in total. The van der Waals surface area contributed by atoms with Crippen LogP contribution in [-0.2, 0) is 11.3 Å². The van der Waals surface area contributed by atoms with Gasteiger partial charge >= 0.3 is 0 Å². The first-order valence-corrected chi connectivity index (χ1v) is 6.21. The third kappa shape index (κ3) is 2.39. The summed E-state index contributed by atoms with van der Waals surface area (Å²) in [5.41, 5.74) is 1.41. The Morgan fingerprint density at radius 3 is 3.11 bits per heavy atom. The maximum atomic E-state index is 12.5. The van der Waals surface area contributed by atoms with Crippen LogP contribution in [0.4, 0.5) is 0 Å². The van der Waals surface area contributed by atoms with Gasteiger partial charge in [0.15, 0.2) is 0 Å². The molecular formula is C12H19N3O3. The molecule has 0 bridgehead atoms. The van der Waals surface area contributed by atoms with Gasteiger partial charge < -0.3 is 14.7 Å². The summed E-state index contributed by atoms with van der Waals surface area (Å²) in [7, 11) is 0. The molecular weight excluding hydrogens is 234 g/mol. The third-order valence-corrected chi connectivity index (χ3v) is 3.12. The Kier molecular flexibility index (Phi) is 3.98. The van der Waals surface area contributed by atoms with Crippen molar-refractivity contribution in [3.05, 3.63) is 17.5 Å². The Balaban J connectivity index is 2.23. The standard InChI is InChI=1S/C12H19N3O3/c1-3-15-11(6-9(2)13-15)12(17)14-4-5-18-8-10(14)7-16/h6,10,16H,3-5,7-8H2,1-2H3. The molecule has 1 atom stereocenters. The minimum atomic E-state index is -0.258. The number of aliphatic hydroxyl groups is 1. The first-order chi connectivity index (χ1) is 8.67. The number of amides is 1. The molecule has 1 N–H and O–H groups in total. The van der Waals surface area contributed by atoms with Gasteiger partial charge in [-0.25, -0.2) is 0 Å². The summed E-state index contributed by atoms with van der Waals surface area (Å²) in [6, 6.07) is 1.53. The largest absolute Gasteiger partial charge is 0.394 e. The molecule has 18 heavy (non-hydrogen) atoms. The van der Waals surface area contributed by atoms with Gasteiger partial charge in [0.25, 0.3) is 5.91 Å².